The number of nitrogens with zero attached hydrogens (tertiary/aromatic N) is 2. The molecule has 31 heavy (non-hydrogen) atoms. The van der Waals surface area contributed by atoms with Crippen molar-refractivity contribution in [2.24, 2.45) is 0 Å². The van der Waals surface area contributed by atoms with Gasteiger partial charge >= 0.3 is 0 Å². The van der Waals surface area contributed by atoms with E-state index in [2.05, 4.69) is 83.8 Å². The first-order chi connectivity index (χ1) is 15.2. The molecule has 0 aliphatic heterocycles. The van der Waals surface area contributed by atoms with Crippen LogP contribution in [0.25, 0.3) is 21.3 Å². The first-order valence-electron chi connectivity index (χ1n) is 10.3. The van der Waals surface area contributed by atoms with Gasteiger partial charge in [0.15, 0.2) is 0 Å². The second-order valence-electron chi connectivity index (χ2n) is 7.72. The summed E-state index contributed by atoms with van der Waals surface area (Å²) in [4.78, 5) is 9.85. The Morgan fingerprint density at radius 2 is 1.58 bits per heavy atom. The van der Waals surface area contributed by atoms with Crippen molar-refractivity contribution in [1.29, 1.82) is 0 Å². The summed E-state index contributed by atoms with van der Waals surface area (Å²) in [6.45, 7) is 4.27. The topological polar surface area (TPSA) is 35.0 Å². The zero-order valence-corrected chi connectivity index (χ0v) is 18.3. The van der Waals surface area contributed by atoms with E-state index >= 15 is 0 Å². The number of rotatable bonds is 5. The van der Waals surface area contributed by atoms with Crippen molar-refractivity contribution in [3.8, 4) is 22.8 Å². The van der Waals surface area contributed by atoms with Crippen LogP contribution < -0.4 is 4.74 Å². The molecule has 4 heteroatoms. The molecule has 0 unspecified atom stereocenters. The lowest BCUT2D eigenvalue weighted by Crippen LogP contribution is -1.92. The molecule has 3 aromatic carbocycles. The predicted octanol–water partition coefficient (Wildman–Crippen LogP) is 7.36. The lowest BCUT2D eigenvalue weighted by Gasteiger charge is -2.09. The minimum Gasteiger partial charge on any atom is -0.438 e. The van der Waals surface area contributed by atoms with Gasteiger partial charge in [0.25, 0.3) is 0 Å². The van der Waals surface area contributed by atoms with Crippen LogP contribution in [0.5, 0.6) is 11.6 Å². The molecule has 0 saturated heterocycles. The number of hydrogen-bond donors (Lipinski definition) is 0. The standard InChI is InChI=1S/C27H22N2OS/c1-18-8-11-22(14-19(18)2)24-16-31-27-25(24)26(28-17-29-27)30-23-12-9-21(10-13-23)15-20-6-4-3-5-7-20/h3-14,16-17H,15H2,1-2H3. The molecule has 5 aromatic rings. The molecule has 152 valence electrons. The van der Waals surface area contributed by atoms with E-state index in [1.54, 1.807) is 17.7 Å². The molecule has 0 atom stereocenters. The van der Waals surface area contributed by atoms with E-state index in [9.17, 15) is 0 Å². The van der Waals surface area contributed by atoms with Crippen LogP contribution in [0.15, 0.2) is 84.5 Å². The molecule has 0 N–H and O–H groups in total. The van der Waals surface area contributed by atoms with Gasteiger partial charge in [0.05, 0.1) is 5.39 Å². The molecule has 5 rings (SSSR count). The highest BCUT2D eigenvalue weighted by Gasteiger charge is 2.15. The smallest absolute Gasteiger partial charge is 0.231 e. The van der Waals surface area contributed by atoms with Crippen LogP contribution in [0, 0.1) is 13.8 Å². The molecule has 0 aliphatic rings. The summed E-state index contributed by atoms with van der Waals surface area (Å²) in [5.74, 6) is 1.37. The van der Waals surface area contributed by atoms with E-state index in [1.165, 1.54) is 22.3 Å². The van der Waals surface area contributed by atoms with Crippen molar-refractivity contribution in [3.63, 3.8) is 0 Å². The number of fused-ring (bicyclic) bond motifs is 1. The Hall–Kier alpha value is -3.50. The van der Waals surface area contributed by atoms with Gasteiger partial charge in [-0.15, -0.1) is 11.3 Å². The average Bonchev–Trinajstić information content (AvgIpc) is 3.23. The molecule has 0 aliphatic carbocycles. The van der Waals surface area contributed by atoms with Gasteiger partial charge in [-0.05, 0) is 60.2 Å². The maximum absolute atomic E-state index is 6.23. The highest BCUT2D eigenvalue weighted by Crippen LogP contribution is 2.39. The Kier molecular flexibility index (Phi) is 5.23. The fourth-order valence-electron chi connectivity index (χ4n) is 3.67. The molecular weight excluding hydrogens is 400 g/mol. The van der Waals surface area contributed by atoms with Crippen LogP contribution in [0.2, 0.25) is 0 Å². The van der Waals surface area contributed by atoms with Gasteiger partial charge in [-0.2, -0.15) is 0 Å². The van der Waals surface area contributed by atoms with Gasteiger partial charge in [0.1, 0.15) is 16.9 Å². The van der Waals surface area contributed by atoms with E-state index in [-0.39, 0.29) is 0 Å². The van der Waals surface area contributed by atoms with E-state index in [1.807, 2.05) is 18.2 Å². The average molecular weight is 423 g/mol. The molecule has 2 aromatic heterocycles. The number of thiophene rings is 1. The van der Waals surface area contributed by atoms with E-state index < -0.39 is 0 Å². The van der Waals surface area contributed by atoms with Gasteiger partial charge < -0.3 is 4.74 Å². The molecule has 3 nitrogen and oxygen atoms in total. The lowest BCUT2D eigenvalue weighted by atomic mass is 10.0. The van der Waals surface area contributed by atoms with Gasteiger partial charge in [-0.1, -0.05) is 60.7 Å². The Morgan fingerprint density at radius 3 is 2.35 bits per heavy atom. The number of aromatic nitrogens is 2. The maximum atomic E-state index is 6.23. The zero-order valence-electron chi connectivity index (χ0n) is 17.5. The number of hydrogen-bond acceptors (Lipinski definition) is 4. The molecule has 0 spiro atoms. The maximum Gasteiger partial charge on any atom is 0.231 e. The Morgan fingerprint density at radius 1 is 0.806 bits per heavy atom. The third kappa shape index (κ3) is 4.07. The highest BCUT2D eigenvalue weighted by molar-refractivity contribution is 7.17. The monoisotopic (exact) mass is 422 g/mol. The fourth-order valence-corrected chi connectivity index (χ4v) is 4.57. The molecule has 0 radical (unpaired) electrons. The molecule has 0 saturated carbocycles. The predicted molar refractivity (Wildman–Crippen MR) is 128 cm³/mol. The molecule has 0 bridgehead atoms. The third-order valence-corrected chi connectivity index (χ3v) is 6.43. The summed E-state index contributed by atoms with van der Waals surface area (Å²) in [5, 5.41) is 3.10. The van der Waals surface area contributed by atoms with Crippen LogP contribution in [-0.4, -0.2) is 9.97 Å². The summed E-state index contributed by atoms with van der Waals surface area (Å²) < 4.78 is 6.23. The van der Waals surface area contributed by atoms with Crippen LogP contribution in [0.1, 0.15) is 22.3 Å². The fraction of sp³-hybridized carbons (Fsp3) is 0.111. The van der Waals surface area contributed by atoms with Crippen molar-refractivity contribution in [3.05, 3.63) is 107 Å². The van der Waals surface area contributed by atoms with Crippen molar-refractivity contribution in [2.45, 2.75) is 20.3 Å². The summed E-state index contributed by atoms with van der Waals surface area (Å²) in [7, 11) is 0. The molecule has 0 fully saturated rings. The molecule has 2 heterocycles. The van der Waals surface area contributed by atoms with Crippen LogP contribution in [0.4, 0.5) is 0 Å². The summed E-state index contributed by atoms with van der Waals surface area (Å²) in [5.41, 5.74) is 7.37. The number of ether oxygens (including phenoxy) is 1. The SMILES string of the molecule is Cc1ccc(-c2csc3ncnc(Oc4ccc(Cc5ccccc5)cc4)c23)cc1C. The van der Waals surface area contributed by atoms with Crippen molar-refractivity contribution < 1.29 is 4.74 Å². The lowest BCUT2D eigenvalue weighted by molar-refractivity contribution is 0.468. The van der Waals surface area contributed by atoms with Crippen molar-refractivity contribution in [1.82, 2.24) is 9.97 Å². The van der Waals surface area contributed by atoms with E-state index in [0.29, 0.717) is 5.88 Å². The normalized spacial score (nSPS) is 11.0. The van der Waals surface area contributed by atoms with Crippen LogP contribution >= 0.6 is 11.3 Å². The minimum atomic E-state index is 0.593. The largest absolute Gasteiger partial charge is 0.438 e. The first kappa shape index (κ1) is 19.5. The molecule has 0 amide bonds. The number of benzene rings is 3. The van der Waals surface area contributed by atoms with Crippen LogP contribution in [-0.2, 0) is 6.42 Å². The first-order valence-corrected chi connectivity index (χ1v) is 11.2. The third-order valence-electron chi connectivity index (χ3n) is 5.54. The summed E-state index contributed by atoms with van der Waals surface area (Å²) in [6, 6.07) is 25.2. The van der Waals surface area contributed by atoms with Gasteiger partial charge in [0.2, 0.25) is 5.88 Å². The second-order valence-corrected chi connectivity index (χ2v) is 8.57. The molecular formula is C27H22N2OS. The highest BCUT2D eigenvalue weighted by atomic mass is 32.1. The van der Waals surface area contributed by atoms with Crippen molar-refractivity contribution >= 4 is 21.6 Å². The van der Waals surface area contributed by atoms with E-state index in [0.717, 1.165) is 33.5 Å². The Bertz CT molecular complexity index is 1340. The second kappa shape index (κ2) is 8.32. The van der Waals surface area contributed by atoms with Gasteiger partial charge in [-0.3, -0.25) is 0 Å². The Labute approximate surface area is 186 Å². The zero-order chi connectivity index (χ0) is 21.2. The van der Waals surface area contributed by atoms with Gasteiger partial charge in [-0.25, -0.2) is 9.97 Å². The van der Waals surface area contributed by atoms with Gasteiger partial charge in [0, 0.05) is 10.9 Å². The Balaban J connectivity index is 1.45. The number of aryl methyl sites for hydroxylation is 2. The van der Waals surface area contributed by atoms with Crippen molar-refractivity contribution in [2.75, 3.05) is 0 Å². The van der Waals surface area contributed by atoms with Crippen LogP contribution in [0.3, 0.4) is 0 Å². The van der Waals surface area contributed by atoms with E-state index in [4.69, 9.17) is 4.74 Å². The summed E-state index contributed by atoms with van der Waals surface area (Å²) >= 11 is 1.62. The quantitative estimate of drug-likeness (QED) is 0.297. The minimum absolute atomic E-state index is 0.593. The summed E-state index contributed by atoms with van der Waals surface area (Å²) in [6.07, 6.45) is 2.47.